The Bertz CT molecular complexity index is 702. The van der Waals surface area contributed by atoms with Gasteiger partial charge in [-0.15, -0.1) is 0 Å². The van der Waals surface area contributed by atoms with Crippen LogP contribution in [0.15, 0.2) is 24.4 Å². The Morgan fingerprint density at radius 2 is 2.17 bits per heavy atom. The van der Waals surface area contributed by atoms with Gasteiger partial charge in [-0.3, -0.25) is 4.98 Å². The molecule has 1 aliphatic heterocycles. The molecule has 0 spiro atoms. The number of methoxy groups -OCH3 is 1. The minimum atomic E-state index is -0.687. The highest BCUT2D eigenvalue weighted by Gasteiger charge is 2.22. The standard InChI is InChI=1S/C18H24FN3O2/c1-20-12-4-7-22(8-5-12)11-17(23)14-3-6-21-18-15(14)9-13(24-2)10-16(18)19/h3,6,9-10,12,17,20,23H,4-5,7-8,11H2,1-2H3. The molecular weight excluding hydrogens is 309 g/mol. The molecule has 1 aromatic heterocycles. The minimum absolute atomic E-state index is 0.265. The number of nitrogens with one attached hydrogen (secondary N) is 1. The number of β-amino-alcohol motifs (C(OH)–C–C–N with tert-alkyl or cyclic N) is 1. The first-order valence-electron chi connectivity index (χ1n) is 8.32. The molecule has 1 aromatic carbocycles. The van der Waals surface area contributed by atoms with E-state index < -0.39 is 11.9 Å². The number of hydrogen-bond donors (Lipinski definition) is 2. The van der Waals surface area contributed by atoms with Gasteiger partial charge in [0.15, 0.2) is 5.82 Å². The fourth-order valence-electron chi connectivity index (χ4n) is 3.36. The molecule has 2 heterocycles. The summed E-state index contributed by atoms with van der Waals surface area (Å²) in [6.45, 7) is 2.43. The number of rotatable bonds is 5. The van der Waals surface area contributed by atoms with Gasteiger partial charge in [-0.05, 0) is 50.7 Å². The summed E-state index contributed by atoms with van der Waals surface area (Å²) < 4.78 is 19.3. The first-order valence-corrected chi connectivity index (χ1v) is 8.32. The van der Waals surface area contributed by atoms with E-state index in [1.54, 1.807) is 18.3 Å². The number of pyridine rings is 1. The van der Waals surface area contributed by atoms with E-state index in [-0.39, 0.29) is 5.52 Å². The van der Waals surface area contributed by atoms with Crippen LogP contribution in [0.2, 0.25) is 0 Å². The van der Waals surface area contributed by atoms with Gasteiger partial charge in [0.25, 0.3) is 0 Å². The molecule has 0 amide bonds. The van der Waals surface area contributed by atoms with Crippen LogP contribution >= 0.6 is 0 Å². The lowest BCUT2D eigenvalue weighted by atomic mass is 10.0. The molecule has 3 rings (SSSR count). The van der Waals surface area contributed by atoms with Crippen LogP contribution in [0.4, 0.5) is 4.39 Å². The Kier molecular flexibility index (Phi) is 5.28. The smallest absolute Gasteiger partial charge is 0.153 e. The van der Waals surface area contributed by atoms with Crippen molar-refractivity contribution in [3.8, 4) is 5.75 Å². The second kappa shape index (κ2) is 7.42. The van der Waals surface area contributed by atoms with E-state index in [2.05, 4.69) is 15.2 Å². The second-order valence-electron chi connectivity index (χ2n) is 6.28. The SMILES string of the molecule is CNC1CCN(CC(O)c2ccnc3c(F)cc(OC)cc23)CC1. The molecule has 0 radical (unpaired) electrons. The zero-order valence-electron chi connectivity index (χ0n) is 14.1. The number of benzene rings is 1. The van der Waals surface area contributed by atoms with Crippen molar-refractivity contribution >= 4 is 10.9 Å². The molecule has 2 aromatic rings. The summed E-state index contributed by atoms with van der Waals surface area (Å²) in [5, 5.41) is 14.6. The molecule has 1 saturated heterocycles. The van der Waals surface area contributed by atoms with E-state index >= 15 is 0 Å². The number of ether oxygens (including phenoxy) is 1. The first-order chi connectivity index (χ1) is 11.6. The van der Waals surface area contributed by atoms with Crippen LogP contribution < -0.4 is 10.1 Å². The zero-order chi connectivity index (χ0) is 17.1. The van der Waals surface area contributed by atoms with E-state index in [4.69, 9.17) is 4.74 Å². The number of hydrogen-bond acceptors (Lipinski definition) is 5. The lowest BCUT2D eigenvalue weighted by molar-refractivity contribution is 0.0959. The summed E-state index contributed by atoms with van der Waals surface area (Å²) in [6.07, 6.45) is 3.00. The average molecular weight is 333 g/mol. The third kappa shape index (κ3) is 3.50. The normalized spacial score (nSPS) is 18.0. The Hall–Kier alpha value is -1.76. The van der Waals surface area contributed by atoms with Crippen molar-refractivity contribution < 1.29 is 14.2 Å². The van der Waals surface area contributed by atoms with Gasteiger partial charge >= 0.3 is 0 Å². The molecule has 24 heavy (non-hydrogen) atoms. The lowest BCUT2D eigenvalue weighted by Gasteiger charge is -2.33. The lowest BCUT2D eigenvalue weighted by Crippen LogP contribution is -2.42. The van der Waals surface area contributed by atoms with Crippen molar-refractivity contribution in [2.75, 3.05) is 33.8 Å². The molecule has 130 valence electrons. The summed E-state index contributed by atoms with van der Waals surface area (Å²) in [4.78, 5) is 6.35. The highest BCUT2D eigenvalue weighted by molar-refractivity contribution is 5.84. The molecule has 0 bridgehead atoms. The molecule has 0 aliphatic carbocycles. The number of halogens is 1. The van der Waals surface area contributed by atoms with E-state index in [1.807, 2.05) is 7.05 Å². The van der Waals surface area contributed by atoms with Crippen molar-refractivity contribution in [1.29, 1.82) is 0 Å². The van der Waals surface area contributed by atoms with Crippen LogP contribution in [0.3, 0.4) is 0 Å². The van der Waals surface area contributed by atoms with Gasteiger partial charge in [0, 0.05) is 30.2 Å². The quantitative estimate of drug-likeness (QED) is 0.878. The topological polar surface area (TPSA) is 57.6 Å². The number of aromatic nitrogens is 1. The van der Waals surface area contributed by atoms with Crippen molar-refractivity contribution in [2.24, 2.45) is 0 Å². The number of aliphatic hydroxyl groups excluding tert-OH is 1. The maximum absolute atomic E-state index is 14.2. The number of aliphatic hydroxyl groups is 1. The van der Waals surface area contributed by atoms with Crippen LogP contribution in [0.25, 0.3) is 10.9 Å². The predicted molar refractivity (Wildman–Crippen MR) is 91.7 cm³/mol. The van der Waals surface area contributed by atoms with E-state index in [0.29, 0.717) is 29.3 Å². The van der Waals surface area contributed by atoms with E-state index in [9.17, 15) is 9.50 Å². The van der Waals surface area contributed by atoms with Crippen LogP contribution in [-0.4, -0.2) is 54.8 Å². The van der Waals surface area contributed by atoms with Crippen molar-refractivity contribution in [2.45, 2.75) is 25.0 Å². The molecule has 5 nitrogen and oxygen atoms in total. The van der Waals surface area contributed by atoms with Gasteiger partial charge < -0.3 is 20.1 Å². The molecule has 1 fully saturated rings. The molecule has 1 atom stereocenters. The van der Waals surface area contributed by atoms with Crippen molar-refractivity contribution in [3.63, 3.8) is 0 Å². The fraction of sp³-hybridized carbons (Fsp3) is 0.500. The van der Waals surface area contributed by atoms with Gasteiger partial charge in [-0.2, -0.15) is 0 Å². The van der Waals surface area contributed by atoms with Crippen LogP contribution in [0.1, 0.15) is 24.5 Å². The van der Waals surface area contributed by atoms with Gasteiger partial charge in [0.1, 0.15) is 11.3 Å². The Morgan fingerprint density at radius 3 is 2.83 bits per heavy atom. The van der Waals surface area contributed by atoms with Crippen LogP contribution in [0, 0.1) is 5.82 Å². The highest BCUT2D eigenvalue weighted by Crippen LogP contribution is 2.29. The fourth-order valence-corrected chi connectivity index (χ4v) is 3.36. The van der Waals surface area contributed by atoms with Gasteiger partial charge in [0.05, 0.1) is 13.2 Å². The third-order valence-electron chi connectivity index (χ3n) is 4.83. The average Bonchev–Trinajstić information content (AvgIpc) is 2.61. The summed E-state index contributed by atoms with van der Waals surface area (Å²) in [7, 11) is 3.49. The van der Waals surface area contributed by atoms with Crippen molar-refractivity contribution in [3.05, 3.63) is 35.8 Å². The largest absolute Gasteiger partial charge is 0.497 e. The number of piperidine rings is 1. The van der Waals surface area contributed by atoms with Crippen LogP contribution in [-0.2, 0) is 0 Å². The summed E-state index contributed by atoms with van der Waals surface area (Å²) in [5.74, 6) is -0.00970. The molecule has 1 unspecified atom stereocenters. The Morgan fingerprint density at radius 1 is 1.42 bits per heavy atom. The van der Waals surface area contributed by atoms with Gasteiger partial charge in [-0.25, -0.2) is 4.39 Å². The van der Waals surface area contributed by atoms with Gasteiger partial charge in [0.2, 0.25) is 0 Å². The second-order valence-corrected chi connectivity index (χ2v) is 6.28. The zero-order valence-corrected chi connectivity index (χ0v) is 14.1. The monoisotopic (exact) mass is 333 g/mol. The van der Waals surface area contributed by atoms with Gasteiger partial charge in [-0.1, -0.05) is 0 Å². The summed E-state index contributed by atoms with van der Waals surface area (Å²) in [6, 6.07) is 5.36. The minimum Gasteiger partial charge on any atom is -0.497 e. The molecule has 1 aliphatic rings. The Balaban J connectivity index is 1.82. The number of likely N-dealkylation sites (tertiary alicyclic amines) is 1. The predicted octanol–water partition coefficient (Wildman–Crippen LogP) is 2.10. The van der Waals surface area contributed by atoms with E-state index in [0.717, 1.165) is 25.9 Å². The highest BCUT2D eigenvalue weighted by atomic mass is 19.1. The number of nitrogens with zero attached hydrogens (tertiary/aromatic N) is 2. The third-order valence-corrected chi connectivity index (χ3v) is 4.83. The molecule has 0 saturated carbocycles. The van der Waals surface area contributed by atoms with Crippen LogP contribution in [0.5, 0.6) is 5.75 Å². The molecule has 6 heteroatoms. The van der Waals surface area contributed by atoms with Crippen molar-refractivity contribution in [1.82, 2.24) is 15.2 Å². The maximum Gasteiger partial charge on any atom is 0.153 e. The summed E-state index contributed by atoms with van der Waals surface area (Å²) >= 11 is 0. The first kappa shape index (κ1) is 17.1. The number of fused-ring (bicyclic) bond motifs is 1. The maximum atomic E-state index is 14.2. The Labute approximate surface area is 141 Å². The molecular formula is C18H24FN3O2. The van der Waals surface area contributed by atoms with E-state index in [1.165, 1.54) is 13.2 Å². The summed E-state index contributed by atoms with van der Waals surface area (Å²) in [5.41, 5.74) is 0.954. The molecule has 2 N–H and O–H groups in total.